The summed E-state index contributed by atoms with van der Waals surface area (Å²) in [6.07, 6.45) is -1.77. The highest BCUT2D eigenvalue weighted by molar-refractivity contribution is 8.00. The Bertz CT molecular complexity index is 280. The van der Waals surface area contributed by atoms with Gasteiger partial charge in [0.05, 0.1) is 6.61 Å². The SMILES string of the molecule is NC1CCC(S[C@@H]2OC(CO)[C@H](O)C(O)C2O)C1. The lowest BCUT2D eigenvalue weighted by Gasteiger charge is -2.40. The molecule has 2 aliphatic rings. The van der Waals surface area contributed by atoms with Crippen LogP contribution in [0.25, 0.3) is 0 Å². The second kappa shape index (κ2) is 6.04. The molecule has 6 N–H and O–H groups in total. The van der Waals surface area contributed by atoms with Crippen LogP contribution in [0.5, 0.6) is 0 Å². The molecular weight excluding hydrogens is 258 g/mol. The third-order valence-corrected chi connectivity index (χ3v) is 5.07. The summed E-state index contributed by atoms with van der Waals surface area (Å²) in [5, 5.41) is 38.6. The standard InChI is InChI=1S/C11H21NO5S/c12-5-1-2-6(3-5)18-11-10(16)9(15)8(14)7(4-13)17-11/h5-11,13-16H,1-4,12H2/t5?,6?,7?,8-,9?,10?,11-/m0/s1. The number of ether oxygens (including phenoxy) is 1. The van der Waals surface area contributed by atoms with Gasteiger partial charge in [0.2, 0.25) is 0 Å². The normalized spacial score (nSPS) is 49.5. The van der Waals surface area contributed by atoms with Gasteiger partial charge in [-0.25, -0.2) is 0 Å². The molecule has 2 fully saturated rings. The quantitative estimate of drug-likeness (QED) is 0.422. The molecular formula is C11H21NO5S. The fraction of sp³-hybridized carbons (Fsp3) is 1.00. The lowest BCUT2D eigenvalue weighted by atomic mass is 10.0. The summed E-state index contributed by atoms with van der Waals surface area (Å²) >= 11 is 1.43. The van der Waals surface area contributed by atoms with Crippen molar-refractivity contribution in [2.75, 3.05) is 6.61 Å². The zero-order valence-electron chi connectivity index (χ0n) is 10.1. The van der Waals surface area contributed by atoms with Gasteiger partial charge in [-0.15, -0.1) is 11.8 Å². The third kappa shape index (κ3) is 2.98. The van der Waals surface area contributed by atoms with Crippen LogP contribution in [0.15, 0.2) is 0 Å². The van der Waals surface area contributed by atoms with Crippen LogP contribution in [-0.2, 0) is 4.74 Å². The van der Waals surface area contributed by atoms with E-state index in [2.05, 4.69) is 0 Å². The van der Waals surface area contributed by atoms with Gasteiger partial charge in [0, 0.05) is 11.3 Å². The molecule has 0 radical (unpaired) electrons. The van der Waals surface area contributed by atoms with Crippen LogP contribution >= 0.6 is 11.8 Å². The third-order valence-electron chi connectivity index (χ3n) is 3.60. The Morgan fingerprint density at radius 3 is 2.39 bits per heavy atom. The molecule has 0 aromatic heterocycles. The number of aliphatic hydroxyl groups excluding tert-OH is 4. The Morgan fingerprint density at radius 1 is 1.11 bits per heavy atom. The van der Waals surface area contributed by atoms with Gasteiger partial charge in [-0.1, -0.05) is 0 Å². The second-order valence-electron chi connectivity index (χ2n) is 5.03. The Kier molecular flexibility index (Phi) is 4.87. The van der Waals surface area contributed by atoms with Crippen LogP contribution in [-0.4, -0.2) is 68.2 Å². The molecule has 5 unspecified atom stereocenters. The lowest BCUT2D eigenvalue weighted by Crippen LogP contribution is -2.57. The van der Waals surface area contributed by atoms with Gasteiger partial charge in [0.1, 0.15) is 29.9 Å². The first-order chi connectivity index (χ1) is 8.52. The molecule has 0 aromatic rings. The molecule has 0 aromatic carbocycles. The minimum absolute atomic E-state index is 0.187. The summed E-state index contributed by atoms with van der Waals surface area (Å²) in [4.78, 5) is 0. The first kappa shape index (κ1) is 14.5. The topological polar surface area (TPSA) is 116 Å². The molecule has 106 valence electrons. The number of nitrogens with two attached hydrogens (primary N) is 1. The zero-order chi connectivity index (χ0) is 13.3. The molecule has 1 aliphatic heterocycles. The largest absolute Gasteiger partial charge is 0.394 e. The van der Waals surface area contributed by atoms with Crippen LogP contribution in [0.4, 0.5) is 0 Å². The number of aliphatic hydroxyl groups is 4. The smallest absolute Gasteiger partial charge is 0.132 e. The molecule has 1 heterocycles. The molecule has 0 bridgehead atoms. The highest BCUT2D eigenvalue weighted by Crippen LogP contribution is 2.37. The highest BCUT2D eigenvalue weighted by Gasteiger charge is 2.44. The van der Waals surface area contributed by atoms with E-state index < -0.39 is 29.9 Å². The van der Waals surface area contributed by atoms with Crippen LogP contribution in [0, 0.1) is 0 Å². The molecule has 18 heavy (non-hydrogen) atoms. The Labute approximate surface area is 110 Å². The van der Waals surface area contributed by atoms with E-state index in [0.717, 1.165) is 19.3 Å². The molecule has 2 rings (SSSR count). The summed E-state index contributed by atoms with van der Waals surface area (Å²) < 4.78 is 5.44. The predicted octanol–water partition coefficient (Wildman–Crippen LogP) is -1.60. The molecule has 1 saturated heterocycles. The maximum atomic E-state index is 9.88. The number of hydrogen-bond acceptors (Lipinski definition) is 7. The van der Waals surface area contributed by atoms with E-state index in [0.29, 0.717) is 5.25 Å². The van der Waals surface area contributed by atoms with E-state index in [1.165, 1.54) is 11.8 Å². The Hall–Kier alpha value is 0.110. The van der Waals surface area contributed by atoms with E-state index in [9.17, 15) is 15.3 Å². The molecule has 6 nitrogen and oxygen atoms in total. The van der Waals surface area contributed by atoms with E-state index in [1.807, 2.05) is 0 Å². The summed E-state index contributed by atoms with van der Waals surface area (Å²) in [5.74, 6) is 0. The zero-order valence-corrected chi connectivity index (χ0v) is 10.9. The van der Waals surface area contributed by atoms with Gasteiger partial charge >= 0.3 is 0 Å². The van der Waals surface area contributed by atoms with E-state index in [4.69, 9.17) is 15.6 Å². The summed E-state index contributed by atoms with van der Waals surface area (Å²) in [5.41, 5.74) is 5.19. The number of hydrogen-bond donors (Lipinski definition) is 5. The monoisotopic (exact) mass is 279 g/mol. The van der Waals surface area contributed by atoms with Crippen molar-refractivity contribution in [3.63, 3.8) is 0 Å². The minimum Gasteiger partial charge on any atom is -0.394 e. The van der Waals surface area contributed by atoms with Gasteiger partial charge in [-0.2, -0.15) is 0 Å². The van der Waals surface area contributed by atoms with Crippen molar-refractivity contribution in [1.29, 1.82) is 0 Å². The van der Waals surface area contributed by atoms with Crippen molar-refractivity contribution in [3.8, 4) is 0 Å². The number of thioether (sulfide) groups is 1. The van der Waals surface area contributed by atoms with E-state index in [1.54, 1.807) is 0 Å². The Balaban J connectivity index is 1.94. The molecule has 1 saturated carbocycles. The summed E-state index contributed by atoms with van der Waals surface area (Å²) in [6, 6.07) is 0.187. The molecule has 1 aliphatic carbocycles. The predicted molar refractivity (Wildman–Crippen MR) is 67.0 cm³/mol. The van der Waals surface area contributed by atoms with Crippen LogP contribution < -0.4 is 5.73 Å². The van der Waals surface area contributed by atoms with Crippen molar-refractivity contribution >= 4 is 11.8 Å². The first-order valence-corrected chi connectivity index (χ1v) is 7.18. The maximum absolute atomic E-state index is 9.88. The molecule has 0 amide bonds. The van der Waals surface area contributed by atoms with E-state index in [-0.39, 0.29) is 12.6 Å². The van der Waals surface area contributed by atoms with Crippen molar-refractivity contribution in [2.24, 2.45) is 5.73 Å². The molecule has 0 spiro atoms. The van der Waals surface area contributed by atoms with E-state index >= 15 is 0 Å². The highest BCUT2D eigenvalue weighted by atomic mass is 32.2. The summed E-state index contributed by atoms with van der Waals surface area (Å²) in [7, 11) is 0. The molecule has 7 atom stereocenters. The first-order valence-electron chi connectivity index (χ1n) is 6.24. The fourth-order valence-corrected chi connectivity index (χ4v) is 4.01. The average molecular weight is 279 g/mol. The molecule has 7 heteroatoms. The van der Waals surface area contributed by atoms with Crippen LogP contribution in [0.2, 0.25) is 0 Å². The van der Waals surface area contributed by atoms with Crippen LogP contribution in [0.3, 0.4) is 0 Å². The van der Waals surface area contributed by atoms with Crippen molar-refractivity contribution in [3.05, 3.63) is 0 Å². The van der Waals surface area contributed by atoms with Gasteiger partial charge in [0.15, 0.2) is 0 Å². The van der Waals surface area contributed by atoms with Gasteiger partial charge in [-0.05, 0) is 19.3 Å². The van der Waals surface area contributed by atoms with Crippen molar-refractivity contribution in [2.45, 2.75) is 60.4 Å². The van der Waals surface area contributed by atoms with Crippen LogP contribution in [0.1, 0.15) is 19.3 Å². The minimum atomic E-state index is -1.29. The summed E-state index contributed by atoms with van der Waals surface area (Å²) in [6.45, 7) is -0.383. The lowest BCUT2D eigenvalue weighted by molar-refractivity contribution is -0.205. The van der Waals surface area contributed by atoms with Gasteiger partial charge in [0.25, 0.3) is 0 Å². The van der Waals surface area contributed by atoms with Gasteiger partial charge < -0.3 is 30.9 Å². The van der Waals surface area contributed by atoms with Gasteiger partial charge in [-0.3, -0.25) is 0 Å². The fourth-order valence-electron chi connectivity index (χ4n) is 2.47. The second-order valence-corrected chi connectivity index (χ2v) is 6.43. The van der Waals surface area contributed by atoms with Crippen molar-refractivity contribution < 1.29 is 25.2 Å². The number of rotatable bonds is 3. The average Bonchev–Trinajstić information content (AvgIpc) is 2.75. The van der Waals surface area contributed by atoms with Crippen molar-refractivity contribution in [1.82, 2.24) is 0 Å². The Morgan fingerprint density at radius 2 is 1.83 bits per heavy atom. The maximum Gasteiger partial charge on any atom is 0.132 e.